The number of nitrogens with one attached hydrogen (secondary N) is 1. The SMILES string of the molecule is NCC(F)(F)CNC(=O)CCc1ccccc1. The number of nitrogens with two attached hydrogens (primary N) is 1. The fourth-order valence-electron chi connectivity index (χ4n) is 1.29. The molecule has 0 saturated carbocycles. The molecule has 0 aliphatic rings. The Morgan fingerprint density at radius 1 is 1.29 bits per heavy atom. The van der Waals surface area contributed by atoms with E-state index in [4.69, 9.17) is 5.73 Å². The first kappa shape index (κ1) is 13.6. The summed E-state index contributed by atoms with van der Waals surface area (Å²) < 4.78 is 25.5. The summed E-state index contributed by atoms with van der Waals surface area (Å²) in [7, 11) is 0. The van der Waals surface area contributed by atoms with Gasteiger partial charge in [-0.25, -0.2) is 8.78 Å². The van der Waals surface area contributed by atoms with Crippen molar-refractivity contribution in [3.63, 3.8) is 0 Å². The van der Waals surface area contributed by atoms with Gasteiger partial charge in [-0.15, -0.1) is 0 Å². The molecule has 3 N–H and O–H groups in total. The summed E-state index contributed by atoms with van der Waals surface area (Å²) in [6.45, 7) is -1.46. The molecule has 94 valence electrons. The monoisotopic (exact) mass is 242 g/mol. The molecule has 1 rings (SSSR count). The van der Waals surface area contributed by atoms with Crippen LogP contribution in [0.1, 0.15) is 12.0 Å². The molecule has 0 aliphatic heterocycles. The van der Waals surface area contributed by atoms with Crippen molar-refractivity contribution in [3.05, 3.63) is 35.9 Å². The number of halogens is 2. The van der Waals surface area contributed by atoms with Crippen molar-refractivity contribution < 1.29 is 13.6 Å². The number of amides is 1. The number of carbonyl (C=O) groups is 1. The van der Waals surface area contributed by atoms with Crippen LogP contribution in [0.2, 0.25) is 0 Å². The van der Waals surface area contributed by atoms with Gasteiger partial charge >= 0.3 is 0 Å². The average molecular weight is 242 g/mol. The van der Waals surface area contributed by atoms with Gasteiger partial charge in [0.25, 0.3) is 5.92 Å². The molecule has 0 atom stereocenters. The van der Waals surface area contributed by atoms with E-state index in [0.717, 1.165) is 5.56 Å². The van der Waals surface area contributed by atoms with Crippen LogP contribution in [-0.4, -0.2) is 24.9 Å². The van der Waals surface area contributed by atoms with Gasteiger partial charge in [0.15, 0.2) is 0 Å². The topological polar surface area (TPSA) is 55.1 Å². The van der Waals surface area contributed by atoms with Gasteiger partial charge < -0.3 is 11.1 Å². The van der Waals surface area contributed by atoms with E-state index in [1.165, 1.54) is 0 Å². The first-order valence-corrected chi connectivity index (χ1v) is 5.42. The molecule has 1 aromatic carbocycles. The molecular formula is C12H16F2N2O. The maximum Gasteiger partial charge on any atom is 0.277 e. The number of alkyl halides is 2. The van der Waals surface area contributed by atoms with Crippen molar-refractivity contribution in [1.29, 1.82) is 0 Å². The third-order valence-corrected chi connectivity index (χ3v) is 2.33. The molecule has 1 amide bonds. The summed E-state index contributed by atoms with van der Waals surface area (Å²) in [6.07, 6.45) is 0.742. The van der Waals surface area contributed by atoms with E-state index in [1.807, 2.05) is 30.3 Å². The summed E-state index contributed by atoms with van der Waals surface area (Å²) in [4.78, 5) is 11.3. The first-order chi connectivity index (χ1) is 8.03. The largest absolute Gasteiger partial charge is 0.350 e. The van der Waals surface area contributed by atoms with Crippen molar-refractivity contribution in [2.75, 3.05) is 13.1 Å². The van der Waals surface area contributed by atoms with Crippen LogP contribution in [0.3, 0.4) is 0 Å². The van der Waals surface area contributed by atoms with E-state index in [-0.39, 0.29) is 12.3 Å². The Morgan fingerprint density at radius 3 is 2.53 bits per heavy atom. The molecule has 0 fully saturated rings. The maximum atomic E-state index is 12.7. The van der Waals surface area contributed by atoms with Crippen molar-refractivity contribution in [2.45, 2.75) is 18.8 Å². The molecule has 17 heavy (non-hydrogen) atoms. The third-order valence-electron chi connectivity index (χ3n) is 2.33. The Morgan fingerprint density at radius 2 is 1.94 bits per heavy atom. The van der Waals surface area contributed by atoms with E-state index >= 15 is 0 Å². The van der Waals surface area contributed by atoms with Gasteiger partial charge in [0.2, 0.25) is 5.91 Å². The number of benzene rings is 1. The van der Waals surface area contributed by atoms with Crippen LogP contribution >= 0.6 is 0 Å². The quantitative estimate of drug-likeness (QED) is 0.790. The van der Waals surface area contributed by atoms with Crippen LogP contribution < -0.4 is 11.1 Å². The van der Waals surface area contributed by atoms with Crippen LogP contribution in [0.25, 0.3) is 0 Å². The van der Waals surface area contributed by atoms with Crippen LogP contribution in [-0.2, 0) is 11.2 Å². The second kappa shape index (κ2) is 6.30. The maximum absolute atomic E-state index is 12.7. The lowest BCUT2D eigenvalue weighted by molar-refractivity contribution is -0.122. The zero-order chi connectivity index (χ0) is 12.7. The number of carbonyl (C=O) groups excluding carboxylic acids is 1. The lowest BCUT2D eigenvalue weighted by Gasteiger charge is -2.14. The molecule has 0 saturated heterocycles. The number of aryl methyl sites for hydroxylation is 1. The summed E-state index contributed by atoms with van der Waals surface area (Å²) in [5.74, 6) is -3.41. The van der Waals surface area contributed by atoms with E-state index in [2.05, 4.69) is 5.32 Å². The van der Waals surface area contributed by atoms with Crippen LogP contribution in [0.5, 0.6) is 0 Å². The zero-order valence-electron chi connectivity index (χ0n) is 9.46. The van der Waals surface area contributed by atoms with Gasteiger partial charge in [-0.1, -0.05) is 30.3 Å². The Hall–Kier alpha value is -1.49. The highest BCUT2D eigenvalue weighted by atomic mass is 19.3. The third kappa shape index (κ3) is 5.40. The molecule has 0 heterocycles. The number of rotatable bonds is 6. The van der Waals surface area contributed by atoms with Gasteiger partial charge in [-0.3, -0.25) is 4.79 Å². The highest BCUT2D eigenvalue weighted by Crippen LogP contribution is 2.09. The Bertz CT molecular complexity index is 355. The summed E-state index contributed by atoms with van der Waals surface area (Å²) in [5, 5.41) is 2.18. The molecule has 0 unspecified atom stereocenters. The lowest BCUT2D eigenvalue weighted by atomic mass is 10.1. The van der Waals surface area contributed by atoms with Crippen LogP contribution in [0.15, 0.2) is 30.3 Å². The summed E-state index contributed by atoms with van der Waals surface area (Å²) in [5.41, 5.74) is 5.86. The number of hydrogen-bond donors (Lipinski definition) is 2. The predicted octanol–water partition coefficient (Wildman–Crippen LogP) is 1.33. The number of hydrogen-bond acceptors (Lipinski definition) is 2. The molecule has 0 aliphatic carbocycles. The van der Waals surface area contributed by atoms with Crippen LogP contribution in [0.4, 0.5) is 8.78 Å². The zero-order valence-corrected chi connectivity index (χ0v) is 9.46. The molecule has 1 aromatic rings. The van der Waals surface area contributed by atoms with Crippen LogP contribution in [0, 0.1) is 0 Å². The minimum Gasteiger partial charge on any atom is -0.350 e. The second-order valence-corrected chi connectivity index (χ2v) is 3.82. The highest BCUT2D eigenvalue weighted by Gasteiger charge is 2.26. The molecule has 0 radical (unpaired) electrons. The van der Waals surface area contributed by atoms with Crippen molar-refractivity contribution in [2.24, 2.45) is 5.73 Å². The standard InChI is InChI=1S/C12H16F2N2O/c13-12(14,8-15)9-16-11(17)7-6-10-4-2-1-3-5-10/h1-5H,6-9,15H2,(H,16,17). The fourth-order valence-corrected chi connectivity index (χ4v) is 1.29. The van der Waals surface area contributed by atoms with Gasteiger partial charge in [0.1, 0.15) is 0 Å². The van der Waals surface area contributed by atoms with Gasteiger partial charge in [-0.05, 0) is 12.0 Å². The van der Waals surface area contributed by atoms with Gasteiger partial charge in [0.05, 0.1) is 13.1 Å². The predicted molar refractivity (Wildman–Crippen MR) is 61.8 cm³/mol. The van der Waals surface area contributed by atoms with Gasteiger partial charge in [-0.2, -0.15) is 0 Å². The Labute approximate surface area is 99.0 Å². The highest BCUT2D eigenvalue weighted by molar-refractivity contribution is 5.76. The summed E-state index contributed by atoms with van der Waals surface area (Å²) in [6, 6.07) is 9.40. The molecule has 5 heteroatoms. The fraction of sp³-hybridized carbons (Fsp3) is 0.417. The lowest BCUT2D eigenvalue weighted by Crippen LogP contribution is -2.41. The van der Waals surface area contributed by atoms with Crippen molar-refractivity contribution in [3.8, 4) is 0 Å². The molecule has 3 nitrogen and oxygen atoms in total. The minimum absolute atomic E-state index is 0.199. The smallest absolute Gasteiger partial charge is 0.277 e. The Kier molecular flexibility index (Phi) is 5.03. The van der Waals surface area contributed by atoms with Crippen molar-refractivity contribution in [1.82, 2.24) is 5.32 Å². The van der Waals surface area contributed by atoms with Gasteiger partial charge in [0, 0.05) is 6.42 Å². The van der Waals surface area contributed by atoms with E-state index in [1.54, 1.807) is 0 Å². The van der Waals surface area contributed by atoms with E-state index < -0.39 is 19.0 Å². The average Bonchev–Trinajstić information content (AvgIpc) is 2.35. The normalized spacial score (nSPS) is 11.2. The molecule has 0 aromatic heterocycles. The molecule has 0 spiro atoms. The first-order valence-electron chi connectivity index (χ1n) is 5.42. The molecule has 0 bridgehead atoms. The van der Waals surface area contributed by atoms with E-state index in [0.29, 0.717) is 6.42 Å². The molecular weight excluding hydrogens is 226 g/mol. The Balaban J connectivity index is 2.27. The summed E-state index contributed by atoms with van der Waals surface area (Å²) >= 11 is 0. The van der Waals surface area contributed by atoms with E-state index in [9.17, 15) is 13.6 Å². The second-order valence-electron chi connectivity index (χ2n) is 3.82. The minimum atomic E-state index is -3.03. The van der Waals surface area contributed by atoms with Crippen molar-refractivity contribution >= 4 is 5.91 Å².